The molecule has 2 aliphatic heterocycles. The van der Waals surface area contributed by atoms with Crippen LogP contribution in [0.2, 0.25) is 0 Å². The Hall–Kier alpha value is -4.64. The Morgan fingerprint density at radius 1 is 0.909 bits per heavy atom. The predicted octanol–water partition coefficient (Wildman–Crippen LogP) is -5.57. The Morgan fingerprint density at radius 2 is 1.49 bits per heavy atom. The number of nitrogens with one attached hydrogen (secondary N) is 7. The fourth-order valence-electron chi connectivity index (χ4n) is 4.48. The van der Waals surface area contributed by atoms with Crippen LogP contribution in [-0.2, 0) is 52.9 Å². The summed E-state index contributed by atoms with van der Waals surface area (Å²) < 4.78 is 41.9. The summed E-state index contributed by atoms with van der Waals surface area (Å²) in [5, 5.41) is 35.8. The maximum absolute atomic E-state index is 13.3. The first-order valence-electron chi connectivity index (χ1n) is 16.2. The quantitative estimate of drug-likeness (QED) is 0.0159. The Balaban J connectivity index is 2.15. The predicted molar refractivity (Wildman–Crippen MR) is 197 cm³/mol. The highest BCUT2D eigenvalue weighted by Crippen LogP contribution is 2.16. The van der Waals surface area contributed by atoms with E-state index in [0.29, 0.717) is 13.0 Å². The molecule has 0 aliphatic carbocycles. The van der Waals surface area contributed by atoms with Gasteiger partial charge in [-0.15, -0.1) is 0 Å². The fourth-order valence-corrected chi connectivity index (χ4v) is 5.64. The van der Waals surface area contributed by atoms with Gasteiger partial charge in [-0.3, -0.25) is 33.3 Å². The van der Waals surface area contributed by atoms with Crippen LogP contribution in [-0.4, -0.2) is 154 Å². The molecule has 306 valence electrons. The van der Waals surface area contributed by atoms with Gasteiger partial charge in [0.05, 0.1) is 6.61 Å². The summed E-state index contributed by atoms with van der Waals surface area (Å²) in [6.07, 6.45) is -1.27. The number of carboxylic acids is 1. The summed E-state index contributed by atoms with van der Waals surface area (Å²) in [6.45, 7) is 4.45. The molecule has 55 heavy (non-hydrogen) atoms. The lowest BCUT2D eigenvalue weighted by Crippen LogP contribution is -2.58. The van der Waals surface area contributed by atoms with E-state index in [9.17, 15) is 51.6 Å². The Labute approximate surface area is 324 Å². The molecule has 0 bridgehead atoms. The summed E-state index contributed by atoms with van der Waals surface area (Å²) in [5.74, 6) is -7.51. The number of nitrogens with two attached hydrogens (primary N) is 1. The number of Topliss-reactive ketones (excluding diaryl/α,β-unsaturated/α-hetero) is 1. The third-order valence-corrected chi connectivity index (χ3v) is 8.68. The van der Waals surface area contributed by atoms with Crippen LogP contribution in [0.3, 0.4) is 0 Å². The van der Waals surface area contributed by atoms with Crippen molar-refractivity contribution >= 4 is 97.9 Å². The van der Waals surface area contributed by atoms with Crippen molar-refractivity contribution < 1.29 is 65.7 Å². The van der Waals surface area contributed by atoms with Crippen LogP contribution >= 0.6 is 24.4 Å². The number of aliphatic imine (C=N–C) groups is 2. The number of cyclic esters (lactones) is 1. The third-order valence-electron chi connectivity index (χ3n) is 7.45. The summed E-state index contributed by atoms with van der Waals surface area (Å²) in [6, 6.07) is -10.3. The summed E-state index contributed by atoms with van der Waals surface area (Å²) in [4.78, 5) is 94.6. The van der Waals surface area contributed by atoms with Gasteiger partial charge in [0.25, 0.3) is 5.91 Å². The first-order chi connectivity index (χ1) is 25.6. The number of carbonyl (C=O) groups excluding carboxylic acids is 6. The molecule has 0 aromatic carbocycles. The molecule has 0 aromatic heterocycles. The van der Waals surface area contributed by atoms with E-state index in [2.05, 4.69) is 51.4 Å². The van der Waals surface area contributed by atoms with Crippen LogP contribution < -0.4 is 43.0 Å². The number of esters is 1. The number of aliphatic hydroxyl groups is 1. The van der Waals surface area contributed by atoms with Crippen LogP contribution in [0.15, 0.2) is 9.98 Å². The topological polar surface area (TPSA) is 368 Å². The molecule has 0 radical (unpaired) electrons. The first-order valence-corrected chi connectivity index (χ1v) is 18.4. The van der Waals surface area contributed by atoms with Gasteiger partial charge in [-0.05, 0) is 40.7 Å². The van der Waals surface area contributed by atoms with E-state index >= 15 is 0 Å². The number of thiocarbonyl (C=S) groups is 2. The summed E-state index contributed by atoms with van der Waals surface area (Å²) in [7, 11) is -5.19. The normalized spacial score (nSPS) is 19.8. The molecule has 0 saturated carbocycles. The van der Waals surface area contributed by atoms with Crippen molar-refractivity contribution in [3.8, 4) is 0 Å². The van der Waals surface area contributed by atoms with Crippen molar-refractivity contribution in [1.82, 2.24) is 37.2 Å². The number of aliphatic hydroxyl groups excluding tert-OH is 1. The molecular formula is C28H42N10O14S3. The van der Waals surface area contributed by atoms with E-state index in [1.54, 1.807) is 0 Å². The van der Waals surface area contributed by atoms with Crippen molar-refractivity contribution in [3.05, 3.63) is 0 Å². The number of carboxylic acid groups (broad SMARTS) is 1. The maximum Gasteiger partial charge on any atom is 0.397 e. The zero-order chi connectivity index (χ0) is 41.8. The molecule has 27 heteroatoms. The Bertz CT molecular complexity index is 1730. The van der Waals surface area contributed by atoms with Gasteiger partial charge in [-0.2, -0.15) is 8.42 Å². The van der Waals surface area contributed by atoms with Gasteiger partial charge in [0.1, 0.15) is 46.3 Å². The monoisotopic (exact) mass is 838 g/mol. The minimum absolute atomic E-state index is 0.0569. The van der Waals surface area contributed by atoms with Gasteiger partial charge in [0, 0.05) is 13.1 Å². The van der Waals surface area contributed by atoms with Gasteiger partial charge < -0.3 is 57.9 Å². The van der Waals surface area contributed by atoms with Crippen molar-refractivity contribution in [3.63, 3.8) is 0 Å². The van der Waals surface area contributed by atoms with Crippen LogP contribution in [0.4, 0.5) is 0 Å². The van der Waals surface area contributed by atoms with Crippen molar-refractivity contribution in [2.75, 3.05) is 19.8 Å². The SMILES string of the molecule is CC(NC(=O)C(C)NC(=S)C1N=C(C(NC(=O)C(CO)NC(=O)C(C)NC(=S)C2N=C(C(=O)CCCNCN)NC2=O)C(C)OS(=O)(=O)O)OC1=O)C(=O)O. The zero-order valence-electron chi connectivity index (χ0n) is 29.7. The number of carbonyl (C=O) groups is 7. The number of nitrogens with zero attached hydrogens (tertiary/aromatic N) is 2. The number of hydrogen-bond donors (Lipinski definition) is 11. The van der Waals surface area contributed by atoms with Crippen molar-refractivity contribution in [1.29, 1.82) is 0 Å². The standard InChI is InChI=1S/C28H42N10O14S3/c1-10(20(41)31-12(3)27(45)46)33-26(54)18-28(47)51-24(37-18)16(13(4)52-55(48,49)50)36-22(43)14(8-39)34-21(42)11(2)32-25(53)17-23(44)38-19(35-17)15(40)6-5-7-30-9-29/h10-14,16-18,30,39H,5-9,29H2,1-4H3,(H,31,41)(H,32,53)(H,33,54)(H,34,42)(H,36,43)(H,45,46)(H,35,38,44)(H,48,49,50). The van der Waals surface area contributed by atoms with Crippen LogP contribution in [0, 0.1) is 0 Å². The molecule has 0 saturated heterocycles. The first kappa shape index (κ1) is 46.5. The molecular weight excluding hydrogens is 797 g/mol. The second-order valence-electron chi connectivity index (χ2n) is 11.9. The highest BCUT2D eigenvalue weighted by atomic mass is 32.3. The van der Waals surface area contributed by atoms with E-state index in [1.165, 1.54) is 20.8 Å². The lowest BCUT2D eigenvalue weighted by atomic mass is 10.1. The largest absolute Gasteiger partial charge is 0.480 e. The smallest absolute Gasteiger partial charge is 0.397 e. The number of hydrogen-bond acceptors (Lipinski definition) is 18. The lowest BCUT2D eigenvalue weighted by Gasteiger charge is -2.26. The molecule has 2 heterocycles. The minimum Gasteiger partial charge on any atom is -0.480 e. The Kier molecular flexibility index (Phi) is 17.7. The molecule has 2 rings (SSSR count). The molecule has 0 aromatic rings. The third kappa shape index (κ3) is 14.2. The van der Waals surface area contributed by atoms with Crippen molar-refractivity contribution in [2.24, 2.45) is 15.7 Å². The van der Waals surface area contributed by atoms with Crippen molar-refractivity contribution in [2.45, 2.75) is 88.9 Å². The van der Waals surface area contributed by atoms with Crippen LogP contribution in [0.25, 0.3) is 0 Å². The molecule has 0 fully saturated rings. The molecule has 2 aliphatic rings. The number of rotatable bonds is 22. The molecule has 0 spiro atoms. The van der Waals surface area contributed by atoms with Crippen LogP contribution in [0.1, 0.15) is 40.5 Å². The van der Waals surface area contributed by atoms with E-state index in [0.717, 1.165) is 6.92 Å². The van der Waals surface area contributed by atoms with Gasteiger partial charge in [0.15, 0.2) is 17.7 Å². The van der Waals surface area contributed by atoms with E-state index in [4.69, 9.17) is 40.0 Å². The van der Waals surface area contributed by atoms with E-state index < -0.39 is 118 Å². The summed E-state index contributed by atoms with van der Waals surface area (Å²) in [5.41, 5.74) is 5.33. The van der Waals surface area contributed by atoms with Gasteiger partial charge in [-0.25, -0.2) is 19.0 Å². The van der Waals surface area contributed by atoms with Crippen LogP contribution in [0.5, 0.6) is 0 Å². The van der Waals surface area contributed by atoms with Gasteiger partial charge >= 0.3 is 22.3 Å². The van der Waals surface area contributed by atoms with E-state index in [-0.39, 0.29) is 23.9 Å². The van der Waals surface area contributed by atoms with E-state index in [1.807, 2.05) is 0 Å². The molecule has 8 atom stereocenters. The highest BCUT2D eigenvalue weighted by molar-refractivity contribution is 7.81. The minimum atomic E-state index is -5.19. The zero-order valence-corrected chi connectivity index (χ0v) is 32.1. The fraction of sp³-hybridized carbons (Fsp3) is 0.607. The maximum atomic E-state index is 13.3. The second-order valence-corrected chi connectivity index (χ2v) is 13.8. The van der Waals surface area contributed by atoms with Gasteiger partial charge in [-0.1, -0.05) is 24.4 Å². The average Bonchev–Trinajstić information content (AvgIpc) is 3.68. The number of aliphatic carboxylic acids is 1. The summed E-state index contributed by atoms with van der Waals surface area (Å²) >= 11 is 10.4. The second kappa shape index (κ2) is 20.9. The van der Waals surface area contributed by atoms with Gasteiger partial charge in [0.2, 0.25) is 29.7 Å². The molecule has 12 N–H and O–H groups in total. The average molecular weight is 839 g/mol. The molecule has 4 amide bonds. The molecule has 8 unspecified atom stereocenters. The number of amidine groups is 1. The highest BCUT2D eigenvalue weighted by Gasteiger charge is 2.42. The molecule has 24 nitrogen and oxygen atoms in total. The number of ether oxygens (including phenoxy) is 1. The Morgan fingerprint density at radius 3 is 2.04 bits per heavy atom. The number of ketones is 1. The lowest BCUT2D eigenvalue weighted by molar-refractivity contribution is -0.141. The number of amides is 4.